The monoisotopic (exact) mass is 496 g/mol. The Hall–Kier alpha value is -3.84. The lowest BCUT2D eigenvalue weighted by Gasteiger charge is -2.23. The number of para-hydroxylation sites is 1. The molecule has 1 fully saturated rings. The molecule has 2 aromatic carbocycles. The molecule has 7 heteroatoms. The lowest BCUT2D eigenvalue weighted by atomic mass is 10.0. The molecular formula is C29H28N4O2S. The van der Waals surface area contributed by atoms with Crippen molar-refractivity contribution in [2.45, 2.75) is 33.1 Å². The van der Waals surface area contributed by atoms with Crippen LogP contribution in [0.4, 0.5) is 11.4 Å². The zero-order valence-electron chi connectivity index (χ0n) is 20.4. The number of nitrogens with one attached hydrogen (secondary N) is 1. The summed E-state index contributed by atoms with van der Waals surface area (Å²) in [6, 6.07) is 17.7. The number of amides is 2. The first-order valence-corrected chi connectivity index (χ1v) is 13.1. The average molecular weight is 497 g/mol. The summed E-state index contributed by atoms with van der Waals surface area (Å²) in [5, 5.41) is 5.94. The summed E-state index contributed by atoms with van der Waals surface area (Å²) >= 11 is 1.56. The largest absolute Gasteiger partial charge is 0.326 e. The lowest BCUT2D eigenvalue weighted by molar-refractivity contribution is -0.122. The number of anilines is 2. The third-order valence-corrected chi connectivity index (χ3v) is 7.46. The second-order valence-electron chi connectivity index (χ2n) is 8.89. The van der Waals surface area contributed by atoms with Crippen molar-refractivity contribution < 1.29 is 9.59 Å². The van der Waals surface area contributed by atoms with Gasteiger partial charge in [0.25, 0.3) is 0 Å². The predicted octanol–water partition coefficient (Wildman–Crippen LogP) is 5.99. The van der Waals surface area contributed by atoms with Crippen LogP contribution in [0.1, 0.15) is 31.4 Å². The van der Waals surface area contributed by atoms with Gasteiger partial charge in [-0.25, -0.2) is 4.98 Å². The molecule has 1 saturated heterocycles. The molecule has 1 atom stereocenters. The molecule has 1 aliphatic rings. The van der Waals surface area contributed by atoms with E-state index in [4.69, 9.17) is 4.98 Å². The Bertz CT molecular complexity index is 1380. The third kappa shape index (κ3) is 4.79. The summed E-state index contributed by atoms with van der Waals surface area (Å²) < 4.78 is 0. The first-order chi connectivity index (χ1) is 17.6. The lowest BCUT2D eigenvalue weighted by Crippen LogP contribution is -2.29. The normalized spacial score (nSPS) is 15.3. The minimum Gasteiger partial charge on any atom is -0.326 e. The fourth-order valence-electron chi connectivity index (χ4n) is 4.69. The number of carbonyl (C=O) groups excluding carboxylic acids is 2. The standard InChI is InChI=1S/C29H28N4O2S/c1-3-19-8-5-9-20(4-2)27(19)33-17-23(15-26(33)34)28(35)31-24-12-6-10-21(14-24)25-18-36-29(32-25)22-11-7-13-30-16-22/h5-14,16,18,23H,3-4,15,17H2,1-2H3,(H,31,35). The maximum atomic E-state index is 13.2. The number of pyridine rings is 1. The number of aromatic nitrogens is 2. The van der Waals surface area contributed by atoms with E-state index in [1.807, 2.05) is 52.7 Å². The molecule has 3 heterocycles. The van der Waals surface area contributed by atoms with Crippen molar-refractivity contribution in [3.8, 4) is 21.8 Å². The highest BCUT2D eigenvalue weighted by molar-refractivity contribution is 7.13. The smallest absolute Gasteiger partial charge is 0.229 e. The van der Waals surface area contributed by atoms with E-state index >= 15 is 0 Å². The minimum atomic E-state index is -0.396. The molecule has 1 aliphatic heterocycles. The van der Waals surface area contributed by atoms with Crippen molar-refractivity contribution in [2.24, 2.45) is 5.92 Å². The second-order valence-corrected chi connectivity index (χ2v) is 9.75. The Morgan fingerprint density at radius 2 is 1.81 bits per heavy atom. The van der Waals surface area contributed by atoms with Crippen LogP contribution in [0, 0.1) is 5.92 Å². The van der Waals surface area contributed by atoms with E-state index < -0.39 is 5.92 Å². The summed E-state index contributed by atoms with van der Waals surface area (Å²) in [6.07, 6.45) is 5.44. The molecule has 36 heavy (non-hydrogen) atoms. The van der Waals surface area contributed by atoms with Gasteiger partial charge >= 0.3 is 0 Å². The van der Waals surface area contributed by atoms with Gasteiger partial charge in [-0.2, -0.15) is 0 Å². The molecule has 0 saturated carbocycles. The molecular weight excluding hydrogens is 468 g/mol. The number of hydrogen-bond acceptors (Lipinski definition) is 5. The fraction of sp³-hybridized carbons (Fsp3) is 0.241. The van der Waals surface area contributed by atoms with Crippen LogP contribution in [0.2, 0.25) is 0 Å². The van der Waals surface area contributed by atoms with Gasteiger partial charge < -0.3 is 10.2 Å². The molecule has 4 aromatic rings. The van der Waals surface area contributed by atoms with Gasteiger partial charge in [-0.3, -0.25) is 14.6 Å². The molecule has 5 rings (SSSR count). The first kappa shape index (κ1) is 23.9. The summed E-state index contributed by atoms with van der Waals surface area (Å²) in [5.74, 6) is -0.526. The van der Waals surface area contributed by atoms with Gasteiger partial charge in [-0.05, 0) is 48.2 Å². The van der Waals surface area contributed by atoms with Gasteiger partial charge in [-0.15, -0.1) is 11.3 Å². The van der Waals surface area contributed by atoms with Gasteiger partial charge in [0.1, 0.15) is 5.01 Å². The Kier molecular flexibility index (Phi) is 6.91. The fourth-order valence-corrected chi connectivity index (χ4v) is 5.51. The van der Waals surface area contributed by atoms with E-state index in [9.17, 15) is 9.59 Å². The van der Waals surface area contributed by atoms with Crippen LogP contribution in [-0.2, 0) is 22.4 Å². The van der Waals surface area contributed by atoms with Crippen molar-refractivity contribution >= 4 is 34.5 Å². The van der Waals surface area contributed by atoms with Crippen molar-refractivity contribution in [3.05, 3.63) is 83.5 Å². The van der Waals surface area contributed by atoms with Gasteiger partial charge in [-0.1, -0.05) is 44.2 Å². The highest BCUT2D eigenvalue weighted by Crippen LogP contribution is 2.33. The van der Waals surface area contributed by atoms with Crippen LogP contribution in [0.25, 0.3) is 21.8 Å². The van der Waals surface area contributed by atoms with Crippen molar-refractivity contribution in [3.63, 3.8) is 0 Å². The van der Waals surface area contributed by atoms with Crippen LogP contribution in [0.15, 0.2) is 72.4 Å². The van der Waals surface area contributed by atoms with Crippen LogP contribution >= 0.6 is 11.3 Å². The third-order valence-electron chi connectivity index (χ3n) is 6.57. The molecule has 0 bridgehead atoms. The molecule has 0 spiro atoms. The molecule has 182 valence electrons. The Balaban J connectivity index is 1.31. The van der Waals surface area contributed by atoms with E-state index in [0.29, 0.717) is 12.2 Å². The maximum Gasteiger partial charge on any atom is 0.229 e. The number of aryl methyl sites for hydroxylation is 2. The zero-order chi connectivity index (χ0) is 25.1. The van der Waals surface area contributed by atoms with Crippen LogP contribution in [0.3, 0.4) is 0 Å². The van der Waals surface area contributed by atoms with Crippen molar-refractivity contribution in [2.75, 3.05) is 16.8 Å². The van der Waals surface area contributed by atoms with Crippen molar-refractivity contribution in [1.29, 1.82) is 0 Å². The first-order valence-electron chi connectivity index (χ1n) is 12.3. The Labute approximate surface area is 215 Å². The van der Waals surface area contributed by atoms with Gasteiger partial charge in [0, 0.05) is 53.2 Å². The molecule has 2 amide bonds. The number of hydrogen-bond donors (Lipinski definition) is 1. The van der Waals surface area contributed by atoms with E-state index in [1.54, 1.807) is 23.7 Å². The van der Waals surface area contributed by atoms with E-state index in [1.165, 1.54) is 0 Å². The Morgan fingerprint density at radius 1 is 1.06 bits per heavy atom. The molecule has 0 radical (unpaired) electrons. The number of thiazole rings is 1. The van der Waals surface area contributed by atoms with E-state index in [-0.39, 0.29) is 18.2 Å². The molecule has 2 aromatic heterocycles. The molecule has 1 N–H and O–H groups in total. The summed E-state index contributed by atoms with van der Waals surface area (Å²) in [4.78, 5) is 36.9. The summed E-state index contributed by atoms with van der Waals surface area (Å²) in [5.41, 5.74) is 6.72. The minimum absolute atomic E-state index is 0.00454. The highest BCUT2D eigenvalue weighted by atomic mass is 32.1. The van der Waals surface area contributed by atoms with Gasteiger partial charge in [0.05, 0.1) is 11.6 Å². The SMILES string of the molecule is CCc1cccc(CC)c1N1CC(C(=O)Nc2cccc(-c3csc(-c4cccnc4)n3)c2)CC1=O. The maximum absolute atomic E-state index is 13.2. The summed E-state index contributed by atoms with van der Waals surface area (Å²) in [7, 11) is 0. The topological polar surface area (TPSA) is 75.2 Å². The molecule has 1 unspecified atom stereocenters. The second kappa shape index (κ2) is 10.4. The number of nitrogens with zero attached hydrogens (tertiary/aromatic N) is 3. The predicted molar refractivity (Wildman–Crippen MR) is 145 cm³/mol. The van der Waals surface area contributed by atoms with Crippen LogP contribution in [-0.4, -0.2) is 28.3 Å². The highest BCUT2D eigenvalue weighted by Gasteiger charge is 2.36. The number of benzene rings is 2. The molecule has 6 nitrogen and oxygen atoms in total. The molecule has 0 aliphatic carbocycles. The average Bonchev–Trinajstić information content (AvgIpc) is 3.56. The quantitative estimate of drug-likeness (QED) is 0.341. The van der Waals surface area contributed by atoms with Crippen LogP contribution < -0.4 is 10.2 Å². The number of carbonyl (C=O) groups is 2. The Morgan fingerprint density at radius 3 is 2.53 bits per heavy atom. The van der Waals surface area contributed by atoms with E-state index in [2.05, 4.69) is 36.3 Å². The zero-order valence-corrected chi connectivity index (χ0v) is 21.2. The van der Waals surface area contributed by atoms with Gasteiger partial charge in [0.15, 0.2) is 0 Å². The number of rotatable bonds is 7. The van der Waals surface area contributed by atoms with E-state index in [0.717, 1.165) is 51.5 Å². The van der Waals surface area contributed by atoms with Crippen LogP contribution in [0.5, 0.6) is 0 Å². The van der Waals surface area contributed by atoms with Crippen molar-refractivity contribution in [1.82, 2.24) is 9.97 Å². The summed E-state index contributed by atoms with van der Waals surface area (Å²) in [6.45, 7) is 4.59. The van der Waals surface area contributed by atoms with Gasteiger partial charge in [0.2, 0.25) is 11.8 Å².